The molecule has 1 unspecified atom stereocenters. The zero-order chi connectivity index (χ0) is 20.0. The van der Waals surface area contributed by atoms with Crippen LogP contribution >= 0.6 is 0 Å². The first-order chi connectivity index (χ1) is 12.7. The average Bonchev–Trinajstić information content (AvgIpc) is 2.63. The number of aliphatic hydroxyl groups excluding tert-OH is 1. The molecular formula is C23H24O4. The molecule has 0 spiro atoms. The summed E-state index contributed by atoms with van der Waals surface area (Å²) in [4.78, 5) is 0. The van der Waals surface area contributed by atoms with E-state index in [1.807, 2.05) is 43.3 Å². The molecular weight excluding hydrogens is 340 g/mol. The van der Waals surface area contributed by atoms with Gasteiger partial charge < -0.3 is 19.7 Å². The number of hydrogen-bond acceptors (Lipinski definition) is 4. The fraction of sp³-hybridized carbons (Fsp3) is 0.304. The molecule has 0 aromatic heterocycles. The van der Waals surface area contributed by atoms with Gasteiger partial charge >= 0.3 is 0 Å². The van der Waals surface area contributed by atoms with Crippen molar-refractivity contribution in [1.29, 1.82) is 0 Å². The minimum absolute atomic E-state index is 0.507. The molecule has 0 radical (unpaired) electrons. The van der Waals surface area contributed by atoms with Gasteiger partial charge in [-0.15, -0.1) is 0 Å². The highest BCUT2D eigenvalue weighted by Crippen LogP contribution is 2.28. The number of hydrogen-bond donors (Lipinski definition) is 2. The third-order valence-corrected chi connectivity index (χ3v) is 3.74. The summed E-state index contributed by atoms with van der Waals surface area (Å²) in [7, 11) is 3.12. The molecule has 1 atom stereocenters. The summed E-state index contributed by atoms with van der Waals surface area (Å²) in [5, 5.41) is 20.6. The molecule has 4 heteroatoms. The fourth-order valence-corrected chi connectivity index (χ4v) is 2.48. The fourth-order valence-electron chi connectivity index (χ4n) is 2.48. The largest absolute Gasteiger partial charge is 0.495 e. The van der Waals surface area contributed by atoms with Crippen LogP contribution in [0.2, 0.25) is 0 Å². The molecule has 0 saturated carbocycles. The van der Waals surface area contributed by atoms with Crippen molar-refractivity contribution in [2.45, 2.75) is 32.5 Å². The minimum Gasteiger partial charge on any atom is -0.495 e. The van der Waals surface area contributed by atoms with Gasteiger partial charge in [-0.25, -0.2) is 0 Å². The predicted octanol–water partition coefficient (Wildman–Crippen LogP) is 3.22. The zero-order valence-corrected chi connectivity index (χ0v) is 16.3. The molecule has 2 rings (SSSR count). The van der Waals surface area contributed by atoms with Crippen LogP contribution in [-0.2, 0) is 0 Å². The Morgan fingerprint density at radius 2 is 1.67 bits per heavy atom. The van der Waals surface area contributed by atoms with Gasteiger partial charge in [0.1, 0.15) is 23.2 Å². The minimum atomic E-state index is -1.17. The van der Waals surface area contributed by atoms with Gasteiger partial charge in [-0.05, 0) is 44.5 Å². The molecule has 140 valence electrons. The van der Waals surface area contributed by atoms with Crippen molar-refractivity contribution >= 4 is 0 Å². The van der Waals surface area contributed by atoms with Crippen LogP contribution in [0.25, 0.3) is 0 Å². The van der Waals surface area contributed by atoms with Crippen LogP contribution in [0.5, 0.6) is 11.5 Å². The number of rotatable bonds is 3. The Morgan fingerprint density at radius 1 is 1.00 bits per heavy atom. The SMILES string of the molecule is COc1ccccc1C#CC(O)c1cc(C)cc(OC)c1C#CC(C)(C)O. The lowest BCUT2D eigenvalue weighted by atomic mass is 9.97. The molecule has 27 heavy (non-hydrogen) atoms. The number of aryl methyl sites for hydroxylation is 1. The number of methoxy groups -OCH3 is 2. The molecule has 0 aliphatic heterocycles. The lowest BCUT2D eigenvalue weighted by molar-refractivity contribution is 0.143. The number of para-hydroxylation sites is 1. The molecule has 0 bridgehead atoms. The Labute approximate surface area is 160 Å². The van der Waals surface area contributed by atoms with E-state index < -0.39 is 11.7 Å². The van der Waals surface area contributed by atoms with E-state index in [4.69, 9.17) is 9.47 Å². The van der Waals surface area contributed by atoms with E-state index in [-0.39, 0.29) is 0 Å². The van der Waals surface area contributed by atoms with Crippen molar-refractivity contribution in [2.24, 2.45) is 0 Å². The predicted molar refractivity (Wildman–Crippen MR) is 106 cm³/mol. The lowest BCUT2D eigenvalue weighted by Crippen LogP contribution is -2.14. The van der Waals surface area contributed by atoms with Crippen molar-refractivity contribution in [3.63, 3.8) is 0 Å². The van der Waals surface area contributed by atoms with Crippen molar-refractivity contribution in [3.05, 3.63) is 58.7 Å². The van der Waals surface area contributed by atoms with Crippen LogP contribution in [0, 0.1) is 30.6 Å². The van der Waals surface area contributed by atoms with Gasteiger partial charge in [-0.3, -0.25) is 0 Å². The third kappa shape index (κ3) is 5.53. The molecule has 2 N–H and O–H groups in total. The Hall–Kier alpha value is -2.92. The monoisotopic (exact) mass is 364 g/mol. The quantitative estimate of drug-likeness (QED) is 0.821. The maximum absolute atomic E-state index is 10.7. The van der Waals surface area contributed by atoms with Crippen LogP contribution in [0.15, 0.2) is 36.4 Å². The van der Waals surface area contributed by atoms with Gasteiger partial charge in [0.15, 0.2) is 0 Å². The molecule has 4 nitrogen and oxygen atoms in total. The van der Waals surface area contributed by atoms with Crippen LogP contribution < -0.4 is 9.47 Å². The smallest absolute Gasteiger partial charge is 0.141 e. The molecule has 0 heterocycles. The second-order valence-electron chi connectivity index (χ2n) is 6.61. The molecule has 0 aliphatic carbocycles. The first kappa shape index (κ1) is 20.4. The van der Waals surface area contributed by atoms with Crippen molar-refractivity contribution in [3.8, 4) is 35.2 Å². The second-order valence-corrected chi connectivity index (χ2v) is 6.61. The highest BCUT2D eigenvalue weighted by molar-refractivity contribution is 5.56. The molecule has 2 aromatic rings. The van der Waals surface area contributed by atoms with E-state index in [0.717, 1.165) is 5.56 Å². The van der Waals surface area contributed by atoms with E-state index in [9.17, 15) is 10.2 Å². The molecule has 0 aliphatic rings. The van der Waals surface area contributed by atoms with Gasteiger partial charge in [-0.2, -0.15) is 0 Å². The van der Waals surface area contributed by atoms with Crippen molar-refractivity contribution < 1.29 is 19.7 Å². The zero-order valence-electron chi connectivity index (χ0n) is 16.3. The highest BCUT2D eigenvalue weighted by atomic mass is 16.5. The topological polar surface area (TPSA) is 58.9 Å². The summed E-state index contributed by atoms with van der Waals surface area (Å²) >= 11 is 0. The molecule has 0 amide bonds. The van der Waals surface area contributed by atoms with Crippen LogP contribution in [-0.4, -0.2) is 30.0 Å². The van der Waals surface area contributed by atoms with Crippen LogP contribution in [0.4, 0.5) is 0 Å². The van der Waals surface area contributed by atoms with Crippen LogP contribution in [0.1, 0.15) is 42.2 Å². The lowest BCUT2D eigenvalue weighted by Gasteiger charge is -2.14. The maximum atomic E-state index is 10.7. The highest BCUT2D eigenvalue weighted by Gasteiger charge is 2.16. The van der Waals surface area contributed by atoms with E-state index in [1.54, 1.807) is 28.1 Å². The number of ether oxygens (including phenoxy) is 2. The Morgan fingerprint density at radius 3 is 2.30 bits per heavy atom. The summed E-state index contributed by atoms with van der Waals surface area (Å²) in [6, 6.07) is 11.0. The Balaban J connectivity index is 2.52. The summed E-state index contributed by atoms with van der Waals surface area (Å²) in [6.07, 6.45) is -1.07. The van der Waals surface area contributed by atoms with E-state index >= 15 is 0 Å². The van der Waals surface area contributed by atoms with E-state index in [0.29, 0.717) is 28.2 Å². The maximum Gasteiger partial charge on any atom is 0.141 e. The number of benzene rings is 2. The van der Waals surface area contributed by atoms with Gasteiger partial charge in [0.2, 0.25) is 0 Å². The molecule has 2 aromatic carbocycles. The summed E-state index contributed by atoms with van der Waals surface area (Å²) < 4.78 is 10.7. The second kappa shape index (κ2) is 8.64. The Bertz CT molecular complexity index is 931. The number of aliphatic hydroxyl groups is 2. The standard InChI is InChI=1S/C23H24O4/c1-16-14-19(18(22(15-16)27-5)12-13-23(2,3)25)20(24)11-10-17-8-6-7-9-21(17)26-4/h6-9,14-15,20,24-25H,1-5H3. The first-order valence-corrected chi connectivity index (χ1v) is 8.52. The molecule has 0 saturated heterocycles. The van der Waals surface area contributed by atoms with Gasteiger partial charge in [0.25, 0.3) is 0 Å². The van der Waals surface area contributed by atoms with Gasteiger partial charge in [-0.1, -0.05) is 41.9 Å². The van der Waals surface area contributed by atoms with Crippen molar-refractivity contribution in [1.82, 2.24) is 0 Å². The molecule has 0 fully saturated rings. The van der Waals surface area contributed by atoms with Gasteiger partial charge in [0, 0.05) is 5.56 Å². The summed E-state index contributed by atoms with van der Waals surface area (Å²) in [5.41, 5.74) is 1.47. The van der Waals surface area contributed by atoms with E-state index in [1.165, 1.54) is 0 Å². The van der Waals surface area contributed by atoms with Gasteiger partial charge in [0.05, 0.1) is 25.3 Å². The summed E-state index contributed by atoms with van der Waals surface area (Å²) in [5.74, 6) is 12.7. The first-order valence-electron chi connectivity index (χ1n) is 8.52. The third-order valence-electron chi connectivity index (χ3n) is 3.74. The van der Waals surface area contributed by atoms with Crippen molar-refractivity contribution in [2.75, 3.05) is 14.2 Å². The van der Waals surface area contributed by atoms with Crippen LogP contribution in [0.3, 0.4) is 0 Å². The average molecular weight is 364 g/mol. The normalized spacial score (nSPS) is 11.5. The van der Waals surface area contributed by atoms with E-state index in [2.05, 4.69) is 23.7 Å². The summed E-state index contributed by atoms with van der Waals surface area (Å²) in [6.45, 7) is 5.09. The Kier molecular flexibility index (Phi) is 6.53.